The van der Waals surface area contributed by atoms with Crippen LogP contribution in [-0.4, -0.2) is 46.8 Å². The lowest BCUT2D eigenvalue weighted by Gasteiger charge is -2.31. The first-order valence-corrected chi connectivity index (χ1v) is 11.5. The predicted octanol–water partition coefficient (Wildman–Crippen LogP) is 5.24. The Kier molecular flexibility index (Phi) is 6.17. The molecule has 2 aromatic carbocycles. The lowest BCUT2D eigenvalue weighted by atomic mass is 9.89. The molecule has 1 aliphatic heterocycles. The molecule has 1 fully saturated rings. The molecule has 0 bridgehead atoms. The number of carboxylic acids is 1. The van der Waals surface area contributed by atoms with Gasteiger partial charge in [0.05, 0.1) is 19.1 Å². The highest BCUT2D eigenvalue weighted by Crippen LogP contribution is 2.34. The fourth-order valence-corrected chi connectivity index (χ4v) is 4.83. The molecule has 3 heterocycles. The van der Waals surface area contributed by atoms with Crippen molar-refractivity contribution in [1.29, 1.82) is 0 Å². The van der Waals surface area contributed by atoms with Gasteiger partial charge >= 0.3 is 5.97 Å². The topological polar surface area (TPSA) is 67.8 Å². The molecule has 0 radical (unpaired) electrons. The van der Waals surface area contributed by atoms with E-state index in [1.54, 1.807) is 30.5 Å². The monoisotopic (exact) mass is 444 g/mol. The van der Waals surface area contributed by atoms with Gasteiger partial charge < -0.3 is 18.8 Å². The van der Waals surface area contributed by atoms with Gasteiger partial charge in [-0.05, 0) is 61.7 Å². The van der Waals surface area contributed by atoms with Crippen LogP contribution in [0.3, 0.4) is 0 Å². The van der Waals surface area contributed by atoms with Crippen molar-refractivity contribution in [3.8, 4) is 5.75 Å². The number of para-hydroxylation sites is 2. The minimum atomic E-state index is -0.960. The van der Waals surface area contributed by atoms with Gasteiger partial charge in [-0.1, -0.05) is 30.3 Å². The summed E-state index contributed by atoms with van der Waals surface area (Å²) in [4.78, 5) is 13.8. The predicted molar refractivity (Wildman–Crippen MR) is 127 cm³/mol. The molecule has 0 unspecified atom stereocenters. The van der Waals surface area contributed by atoms with E-state index in [0.29, 0.717) is 18.3 Å². The molecule has 1 N–H and O–H groups in total. The van der Waals surface area contributed by atoms with Crippen LogP contribution in [0.25, 0.3) is 10.9 Å². The van der Waals surface area contributed by atoms with Crippen molar-refractivity contribution >= 4 is 16.9 Å². The van der Waals surface area contributed by atoms with Crippen LogP contribution >= 0.6 is 0 Å². The van der Waals surface area contributed by atoms with E-state index in [2.05, 4.69) is 39.9 Å². The molecule has 170 valence electrons. The zero-order valence-corrected chi connectivity index (χ0v) is 18.5. The smallest absolute Gasteiger partial charge is 0.339 e. The van der Waals surface area contributed by atoms with Gasteiger partial charge in [0.2, 0.25) is 0 Å². The molecule has 6 nitrogen and oxygen atoms in total. The van der Waals surface area contributed by atoms with E-state index in [9.17, 15) is 9.90 Å². The first-order valence-electron chi connectivity index (χ1n) is 11.5. The van der Waals surface area contributed by atoms with Gasteiger partial charge in [0.15, 0.2) is 0 Å². The highest BCUT2D eigenvalue weighted by molar-refractivity contribution is 5.90. The molecule has 0 spiro atoms. The van der Waals surface area contributed by atoms with Crippen LogP contribution in [-0.2, 0) is 6.54 Å². The number of ether oxygens (including phenoxy) is 1. The fourth-order valence-electron chi connectivity index (χ4n) is 4.83. The molecule has 1 saturated heterocycles. The molecular formula is C27H28N2O4. The van der Waals surface area contributed by atoms with Crippen LogP contribution in [0.4, 0.5) is 0 Å². The van der Waals surface area contributed by atoms with Gasteiger partial charge in [-0.2, -0.15) is 0 Å². The number of rotatable bonds is 8. The van der Waals surface area contributed by atoms with E-state index >= 15 is 0 Å². The summed E-state index contributed by atoms with van der Waals surface area (Å²) in [6, 6.07) is 17.5. The van der Waals surface area contributed by atoms with Gasteiger partial charge in [-0.3, -0.25) is 4.90 Å². The SMILES string of the molecule is O=C(O)c1ccccc1OCCN1CCC(c2cn(Cc3ccoc3)c3ccccc23)CC1. The summed E-state index contributed by atoms with van der Waals surface area (Å²) in [6.45, 7) is 4.11. The number of likely N-dealkylation sites (tertiary alicyclic amines) is 1. The molecule has 5 rings (SSSR count). The van der Waals surface area contributed by atoms with E-state index in [-0.39, 0.29) is 5.56 Å². The second-order valence-electron chi connectivity index (χ2n) is 8.63. The Hall–Kier alpha value is -3.51. The first-order chi connectivity index (χ1) is 16.2. The van der Waals surface area contributed by atoms with Crippen molar-refractivity contribution in [2.75, 3.05) is 26.2 Å². The number of piperidine rings is 1. The van der Waals surface area contributed by atoms with Crippen molar-refractivity contribution in [2.45, 2.75) is 25.3 Å². The van der Waals surface area contributed by atoms with E-state index in [1.165, 1.54) is 22.0 Å². The number of aromatic carboxylic acids is 1. The minimum Gasteiger partial charge on any atom is -0.491 e. The minimum absolute atomic E-state index is 0.211. The van der Waals surface area contributed by atoms with Crippen molar-refractivity contribution in [3.63, 3.8) is 0 Å². The maximum absolute atomic E-state index is 11.3. The number of furan rings is 1. The van der Waals surface area contributed by atoms with Crippen LogP contribution in [0.15, 0.2) is 77.7 Å². The fraction of sp³-hybridized carbons (Fsp3) is 0.296. The van der Waals surface area contributed by atoms with Crippen LogP contribution in [0.1, 0.15) is 40.2 Å². The summed E-state index contributed by atoms with van der Waals surface area (Å²) in [7, 11) is 0. The normalized spacial score (nSPS) is 15.2. The summed E-state index contributed by atoms with van der Waals surface area (Å²) in [5.74, 6) is 0.00840. The van der Waals surface area contributed by atoms with Gasteiger partial charge in [-0.15, -0.1) is 0 Å². The number of benzene rings is 2. The molecule has 0 saturated carbocycles. The Balaban J connectivity index is 1.21. The van der Waals surface area contributed by atoms with Crippen molar-refractivity contribution < 1.29 is 19.1 Å². The van der Waals surface area contributed by atoms with Gasteiger partial charge in [0, 0.05) is 29.2 Å². The second-order valence-corrected chi connectivity index (χ2v) is 8.63. The quantitative estimate of drug-likeness (QED) is 0.403. The average molecular weight is 445 g/mol. The Morgan fingerprint density at radius 3 is 2.64 bits per heavy atom. The molecule has 2 aromatic heterocycles. The second kappa shape index (κ2) is 9.55. The van der Waals surface area contributed by atoms with E-state index in [0.717, 1.165) is 39.0 Å². The number of fused-ring (bicyclic) bond motifs is 1. The molecular weight excluding hydrogens is 416 g/mol. The standard InChI is InChI=1S/C27H28N2O4/c30-27(31)23-6-2-4-8-26(23)33-16-14-28-12-9-21(10-13-28)24-18-29(17-20-11-15-32-19-20)25-7-3-1-5-22(24)25/h1-8,11,15,18-19,21H,9-10,12-14,16-17H2,(H,30,31). The number of aromatic nitrogens is 1. The van der Waals surface area contributed by atoms with Gasteiger partial charge in [-0.25, -0.2) is 4.79 Å². The number of carboxylic acid groups (broad SMARTS) is 1. The van der Waals surface area contributed by atoms with Crippen molar-refractivity contribution in [1.82, 2.24) is 9.47 Å². The van der Waals surface area contributed by atoms with Gasteiger partial charge in [0.1, 0.15) is 17.9 Å². The maximum atomic E-state index is 11.3. The highest BCUT2D eigenvalue weighted by Gasteiger charge is 2.24. The molecule has 1 aliphatic rings. The summed E-state index contributed by atoms with van der Waals surface area (Å²) in [5, 5.41) is 10.6. The van der Waals surface area contributed by atoms with Crippen LogP contribution in [0.5, 0.6) is 5.75 Å². The van der Waals surface area contributed by atoms with Crippen LogP contribution < -0.4 is 4.74 Å². The average Bonchev–Trinajstić information content (AvgIpc) is 3.48. The Labute approximate surface area is 193 Å². The largest absolute Gasteiger partial charge is 0.491 e. The summed E-state index contributed by atoms with van der Waals surface area (Å²) >= 11 is 0. The highest BCUT2D eigenvalue weighted by atomic mass is 16.5. The lowest BCUT2D eigenvalue weighted by Crippen LogP contribution is -2.35. The van der Waals surface area contributed by atoms with Crippen molar-refractivity contribution in [3.05, 3.63) is 90.0 Å². The number of carbonyl (C=O) groups is 1. The lowest BCUT2D eigenvalue weighted by molar-refractivity contribution is 0.0691. The van der Waals surface area contributed by atoms with Crippen LogP contribution in [0.2, 0.25) is 0 Å². The van der Waals surface area contributed by atoms with E-state index in [1.807, 2.05) is 12.3 Å². The molecule has 0 amide bonds. The summed E-state index contributed by atoms with van der Waals surface area (Å²) < 4.78 is 13.4. The molecule has 33 heavy (non-hydrogen) atoms. The summed E-state index contributed by atoms with van der Waals surface area (Å²) in [5.41, 5.74) is 4.08. The third-order valence-electron chi connectivity index (χ3n) is 6.56. The summed E-state index contributed by atoms with van der Waals surface area (Å²) in [6.07, 6.45) is 8.06. The van der Waals surface area contributed by atoms with E-state index < -0.39 is 5.97 Å². The third kappa shape index (κ3) is 4.66. The van der Waals surface area contributed by atoms with Gasteiger partial charge in [0.25, 0.3) is 0 Å². The molecule has 6 heteroatoms. The van der Waals surface area contributed by atoms with Crippen molar-refractivity contribution in [2.24, 2.45) is 0 Å². The molecule has 4 aromatic rings. The Morgan fingerprint density at radius 2 is 1.85 bits per heavy atom. The third-order valence-corrected chi connectivity index (χ3v) is 6.56. The number of nitrogens with zero attached hydrogens (tertiary/aromatic N) is 2. The zero-order valence-electron chi connectivity index (χ0n) is 18.5. The molecule has 0 atom stereocenters. The van der Waals surface area contributed by atoms with E-state index in [4.69, 9.17) is 9.15 Å². The Morgan fingerprint density at radius 1 is 1.06 bits per heavy atom. The van der Waals surface area contributed by atoms with Crippen LogP contribution in [0, 0.1) is 0 Å². The molecule has 0 aliphatic carbocycles. The Bertz CT molecular complexity index is 1220. The number of hydrogen-bond donors (Lipinski definition) is 1. The number of hydrogen-bond acceptors (Lipinski definition) is 4. The first kappa shape index (κ1) is 21.3. The zero-order chi connectivity index (χ0) is 22.6. The maximum Gasteiger partial charge on any atom is 0.339 e.